The van der Waals surface area contributed by atoms with E-state index < -0.39 is 6.10 Å². The van der Waals surface area contributed by atoms with Gasteiger partial charge < -0.3 is 33.9 Å². The average Bonchev–Trinajstić information content (AvgIpc) is 3.35. The molecule has 3 rings (SSSR count). The van der Waals surface area contributed by atoms with Crippen LogP contribution in [0.1, 0.15) is 219 Å². The van der Waals surface area contributed by atoms with Crippen molar-refractivity contribution in [2.45, 2.75) is 226 Å². The first kappa shape index (κ1) is 57.5. The Morgan fingerprint density at radius 2 is 0.731 bits per heavy atom. The van der Waals surface area contributed by atoms with E-state index in [1.807, 2.05) is 24.3 Å². The largest absolute Gasteiger partial charge is 0.491 e. The highest BCUT2D eigenvalue weighted by Gasteiger charge is 2.17. The number of rotatable bonds is 45. The quantitative estimate of drug-likeness (QED) is 0.0429. The Labute approximate surface area is 408 Å². The highest BCUT2D eigenvalue weighted by Crippen LogP contribution is 2.40. The van der Waals surface area contributed by atoms with Gasteiger partial charge in [-0.1, -0.05) is 194 Å². The zero-order valence-electron chi connectivity index (χ0n) is 42.6. The molecule has 1 atom stereocenters. The van der Waals surface area contributed by atoms with Crippen LogP contribution in [-0.4, -0.2) is 49.4 Å². The maximum absolute atomic E-state index is 9.53. The summed E-state index contributed by atoms with van der Waals surface area (Å²) in [6, 6.07) is 18.9. The van der Waals surface area contributed by atoms with E-state index in [9.17, 15) is 5.11 Å². The summed E-state index contributed by atoms with van der Waals surface area (Å²) < 4.78 is 31.7. The van der Waals surface area contributed by atoms with Crippen molar-refractivity contribution in [1.29, 1.82) is 0 Å². The van der Waals surface area contributed by atoms with Crippen molar-refractivity contribution in [2.75, 3.05) is 33.0 Å². The molecule has 0 bridgehead atoms. The lowest BCUT2D eigenvalue weighted by atomic mass is 10.1. The van der Waals surface area contributed by atoms with E-state index in [1.165, 1.54) is 173 Å². The molecule has 2 N–H and O–H groups in total. The smallest absolute Gasteiger partial charge is 0.203 e. The molecule has 3 aromatic carbocycles. The fourth-order valence-corrected chi connectivity index (χ4v) is 8.12. The third-order valence-corrected chi connectivity index (χ3v) is 12.3. The van der Waals surface area contributed by atoms with E-state index in [1.54, 1.807) is 24.3 Å². The second kappa shape index (κ2) is 40.1. The van der Waals surface area contributed by atoms with Crippen molar-refractivity contribution in [3.8, 4) is 28.7 Å². The average molecular weight is 931 g/mol. The number of nitrogens with zero attached hydrogens (tertiary/aromatic N) is 2. The molecule has 0 spiro atoms. The van der Waals surface area contributed by atoms with Crippen molar-refractivity contribution >= 4 is 11.4 Å². The standard InChI is InChI=1S/C58H94N2O7/c1-4-7-10-13-16-19-22-25-28-31-42-63-56-45-50(48-66-54-38-34-51(35-39-54)59-60-52-36-40-55(41-37-52)67-49-53(62)47-61)46-57(64-43-32-29-26-23-20-17-14-11-8-5-2)58(56)65-44-33-30-27-24-21-18-15-12-9-6-3/h34-41,45-46,53,61-62H,4-33,42-44,47-49H2,1-3H3. The molecule has 0 fully saturated rings. The number of azo groups is 1. The summed E-state index contributed by atoms with van der Waals surface area (Å²) in [5, 5.41) is 27.3. The number of benzene rings is 3. The van der Waals surface area contributed by atoms with Crippen LogP contribution in [0.25, 0.3) is 0 Å². The predicted molar refractivity (Wildman–Crippen MR) is 278 cm³/mol. The van der Waals surface area contributed by atoms with E-state index in [0.717, 1.165) is 47.8 Å². The highest BCUT2D eigenvalue weighted by molar-refractivity contribution is 5.54. The van der Waals surface area contributed by atoms with E-state index in [-0.39, 0.29) is 13.2 Å². The Morgan fingerprint density at radius 1 is 0.403 bits per heavy atom. The van der Waals surface area contributed by atoms with Gasteiger partial charge in [-0.05, 0) is 85.5 Å². The molecule has 9 heteroatoms. The molecule has 0 aliphatic carbocycles. The van der Waals surface area contributed by atoms with Crippen molar-refractivity contribution < 1.29 is 33.9 Å². The Hall–Kier alpha value is -3.82. The molecular formula is C58H94N2O7. The molecule has 0 heterocycles. The van der Waals surface area contributed by atoms with Gasteiger partial charge in [-0.3, -0.25) is 0 Å². The zero-order valence-corrected chi connectivity index (χ0v) is 42.6. The number of aliphatic hydroxyl groups excluding tert-OH is 2. The molecule has 0 saturated heterocycles. The van der Waals surface area contributed by atoms with Gasteiger partial charge in [0, 0.05) is 0 Å². The molecule has 0 aliphatic rings. The van der Waals surface area contributed by atoms with Crippen LogP contribution in [0.4, 0.5) is 11.4 Å². The van der Waals surface area contributed by atoms with Crippen LogP contribution in [0.15, 0.2) is 70.9 Å². The van der Waals surface area contributed by atoms with Crippen LogP contribution in [0.2, 0.25) is 0 Å². The van der Waals surface area contributed by atoms with E-state index in [4.69, 9.17) is 28.8 Å². The van der Waals surface area contributed by atoms with Gasteiger partial charge in [0.25, 0.3) is 0 Å². The SMILES string of the molecule is CCCCCCCCCCCCOc1cc(COc2ccc(N=Nc3ccc(OCC(O)CO)cc3)cc2)cc(OCCCCCCCCCCCC)c1OCCCCCCCCCCCC. The van der Waals surface area contributed by atoms with Gasteiger partial charge in [-0.25, -0.2) is 0 Å². The van der Waals surface area contributed by atoms with Gasteiger partial charge in [0.15, 0.2) is 11.5 Å². The van der Waals surface area contributed by atoms with E-state index in [2.05, 4.69) is 43.1 Å². The van der Waals surface area contributed by atoms with Crippen molar-refractivity contribution in [3.63, 3.8) is 0 Å². The van der Waals surface area contributed by atoms with Gasteiger partial charge in [-0.15, -0.1) is 0 Å². The van der Waals surface area contributed by atoms with Gasteiger partial charge >= 0.3 is 0 Å². The number of hydrogen-bond acceptors (Lipinski definition) is 9. The van der Waals surface area contributed by atoms with Crippen LogP contribution in [0, 0.1) is 0 Å². The molecule has 0 aliphatic heterocycles. The normalized spacial score (nSPS) is 11.9. The lowest BCUT2D eigenvalue weighted by molar-refractivity contribution is 0.0536. The van der Waals surface area contributed by atoms with Crippen LogP contribution in [0.5, 0.6) is 28.7 Å². The first-order valence-corrected chi connectivity index (χ1v) is 27.3. The van der Waals surface area contributed by atoms with Crippen LogP contribution >= 0.6 is 0 Å². The summed E-state index contributed by atoms with van der Waals surface area (Å²) in [5.74, 6) is 3.55. The Kier molecular flexibility index (Phi) is 34.4. The Bertz CT molecular complexity index is 1570. The fraction of sp³-hybridized carbons (Fsp3) is 0.690. The third-order valence-electron chi connectivity index (χ3n) is 12.3. The first-order chi connectivity index (χ1) is 33.1. The lowest BCUT2D eigenvalue weighted by Gasteiger charge is -2.19. The van der Waals surface area contributed by atoms with Gasteiger partial charge in [0.1, 0.15) is 30.8 Å². The Balaban J connectivity index is 1.65. The topological polar surface area (TPSA) is 111 Å². The van der Waals surface area contributed by atoms with Crippen molar-refractivity contribution in [1.82, 2.24) is 0 Å². The maximum Gasteiger partial charge on any atom is 0.203 e. The third kappa shape index (κ3) is 29.0. The molecule has 67 heavy (non-hydrogen) atoms. The number of aliphatic hydroxyl groups is 2. The molecule has 0 aromatic heterocycles. The van der Waals surface area contributed by atoms with E-state index in [0.29, 0.717) is 43.6 Å². The Morgan fingerprint density at radius 3 is 1.09 bits per heavy atom. The predicted octanol–water partition coefficient (Wildman–Crippen LogP) is 17.3. The summed E-state index contributed by atoms with van der Waals surface area (Å²) in [5.41, 5.74) is 2.35. The van der Waals surface area contributed by atoms with Gasteiger partial charge in [0.2, 0.25) is 5.75 Å². The van der Waals surface area contributed by atoms with E-state index >= 15 is 0 Å². The molecule has 9 nitrogen and oxygen atoms in total. The number of ether oxygens (including phenoxy) is 5. The van der Waals surface area contributed by atoms with Gasteiger partial charge in [-0.2, -0.15) is 10.2 Å². The molecule has 0 saturated carbocycles. The highest BCUT2D eigenvalue weighted by atomic mass is 16.5. The monoisotopic (exact) mass is 931 g/mol. The summed E-state index contributed by atoms with van der Waals surface area (Å²) in [6.45, 7) is 8.82. The van der Waals surface area contributed by atoms with Crippen LogP contribution < -0.4 is 23.7 Å². The summed E-state index contributed by atoms with van der Waals surface area (Å²) >= 11 is 0. The minimum absolute atomic E-state index is 0.0216. The minimum Gasteiger partial charge on any atom is -0.491 e. The zero-order chi connectivity index (χ0) is 47.7. The summed E-state index contributed by atoms with van der Waals surface area (Å²) in [7, 11) is 0. The summed E-state index contributed by atoms with van der Waals surface area (Å²) in [6.07, 6.45) is 37.6. The first-order valence-electron chi connectivity index (χ1n) is 27.3. The molecule has 1 unspecified atom stereocenters. The molecule has 0 amide bonds. The number of hydrogen-bond donors (Lipinski definition) is 2. The fourth-order valence-electron chi connectivity index (χ4n) is 8.12. The maximum atomic E-state index is 9.53. The number of unbranched alkanes of at least 4 members (excludes halogenated alkanes) is 27. The minimum atomic E-state index is -0.915. The van der Waals surface area contributed by atoms with Crippen LogP contribution in [0.3, 0.4) is 0 Å². The molecule has 0 radical (unpaired) electrons. The molecule has 378 valence electrons. The molecular weight excluding hydrogens is 837 g/mol. The van der Waals surface area contributed by atoms with Gasteiger partial charge in [0.05, 0.1) is 37.8 Å². The van der Waals surface area contributed by atoms with Crippen molar-refractivity contribution in [2.24, 2.45) is 10.2 Å². The van der Waals surface area contributed by atoms with Crippen LogP contribution in [-0.2, 0) is 6.61 Å². The van der Waals surface area contributed by atoms with Crippen molar-refractivity contribution in [3.05, 3.63) is 66.2 Å². The molecule has 3 aromatic rings. The summed E-state index contributed by atoms with van der Waals surface area (Å²) in [4.78, 5) is 0. The lowest BCUT2D eigenvalue weighted by Crippen LogP contribution is -2.21. The second-order valence-corrected chi connectivity index (χ2v) is 18.6. The second-order valence-electron chi connectivity index (χ2n) is 18.6.